The van der Waals surface area contributed by atoms with Crippen LogP contribution in [0.4, 0.5) is 4.79 Å². The quantitative estimate of drug-likeness (QED) is 0.751. The highest BCUT2D eigenvalue weighted by atomic mass is 16.6. The molecule has 2 atom stereocenters. The van der Waals surface area contributed by atoms with Gasteiger partial charge < -0.3 is 4.74 Å². The monoisotopic (exact) mass is 358 g/mol. The van der Waals surface area contributed by atoms with Crippen molar-refractivity contribution in [2.24, 2.45) is 0 Å². The maximum Gasteiger partial charge on any atom is 0.410 e. The van der Waals surface area contributed by atoms with Gasteiger partial charge >= 0.3 is 6.09 Å². The zero-order valence-corrected chi connectivity index (χ0v) is 15.2. The second-order valence-electron chi connectivity index (χ2n) is 7.26. The molecule has 0 aliphatic carbocycles. The molecule has 136 valence electrons. The second kappa shape index (κ2) is 7.67. The predicted molar refractivity (Wildman–Crippen MR) is 103 cm³/mol. The minimum atomic E-state index is -0.208. The van der Waals surface area contributed by atoms with Gasteiger partial charge in [-0.25, -0.2) is 4.79 Å². The van der Waals surface area contributed by atoms with Gasteiger partial charge in [0, 0.05) is 6.04 Å². The molecule has 2 bridgehead atoms. The van der Waals surface area contributed by atoms with Crippen molar-refractivity contribution in [3.63, 3.8) is 0 Å². The van der Waals surface area contributed by atoms with Crippen molar-refractivity contribution in [2.45, 2.75) is 44.4 Å². The topological polar surface area (TPSA) is 53.3 Å². The van der Waals surface area contributed by atoms with Crippen LogP contribution in [-0.4, -0.2) is 23.1 Å². The van der Waals surface area contributed by atoms with E-state index in [1.54, 1.807) is 0 Å². The van der Waals surface area contributed by atoms with Gasteiger partial charge in [0.25, 0.3) is 0 Å². The molecule has 2 unspecified atom stereocenters. The van der Waals surface area contributed by atoms with Gasteiger partial charge in [-0.1, -0.05) is 54.1 Å². The Bertz CT molecular complexity index is 881. The molecule has 2 aromatic rings. The van der Waals surface area contributed by atoms with E-state index in [1.165, 1.54) is 11.1 Å². The average Bonchev–Trinajstić information content (AvgIpc) is 2.98. The molecule has 2 aliphatic rings. The Balaban J connectivity index is 1.39. The fourth-order valence-corrected chi connectivity index (χ4v) is 4.09. The number of ether oxygens (including phenoxy) is 1. The number of benzene rings is 2. The van der Waals surface area contributed by atoms with Crippen molar-refractivity contribution in [1.29, 1.82) is 5.26 Å². The summed E-state index contributed by atoms with van der Waals surface area (Å²) in [5.74, 6) is 0. The van der Waals surface area contributed by atoms with Crippen LogP contribution in [0.2, 0.25) is 0 Å². The number of nitrogens with zero attached hydrogens (tertiary/aromatic N) is 2. The van der Waals surface area contributed by atoms with Crippen LogP contribution in [0.15, 0.2) is 66.2 Å². The van der Waals surface area contributed by atoms with Crippen molar-refractivity contribution >= 4 is 6.09 Å². The van der Waals surface area contributed by atoms with Gasteiger partial charge in [-0.05, 0) is 48.9 Å². The number of rotatable bonds is 4. The van der Waals surface area contributed by atoms with Gasteiger partial charge in [0.05, 0.1) is 17.7 Å². The van der Waals surface area contributed by atoms with Crippen LogP contribution < -0.4 is 0 Å². The van der Waals surface area contributed by atoms with E-state index in [-0.39, 0.29) is 18.2 Å². The Hall–Kier alpha value is -3.06. The van der Waals surface area contributed by atoms with Crippen LogP contribution in [0.5, 0.6) is 0 Å². The first-order chi connectivity index (χ1) is 13.2. The van der Waals surface area contributed by atoms with Crippen LogP contribution in [0, 0.1) is 11.3 Å². The molecule has 1 fully saturated rings. The number of carbonyl (C=O) groups excluding carboxylic acids is 1. The van der Waals surface area contributed by atoms with Crippen LogP contribution in [-0.2, 0) is 17.8 Å². The van der Waals surface area contributed by atoms with E-state index in [1.807, 2.05) is 59.5 Å². The van der Waals surface area contributed by atoms with Gasteiger partial charge in [0.2, 0.25) is 0 Å². The summed E-state index contributed by atoms with van der Waals surface area (Å²) in [4.78, 5) is 14.5. The number of carbonyl (C=O) groups is 1. The summed E-state index contributed by atoms with van der Waals surface area (Å²) in [7, 11) is 0. The average molecular weight is 358 g/mol. The molecule has 0 N–H and O–H groups in total. The molecular formula is C23H22N2O2. The maximum atomic E-state index is 12.6. The molecule has 4 nitrogen and oxygen atoms in total. The molecule has 2 aliphatic heterocycles. The normalized spacial score (nSPS) is 20.7. The lowest BCUT2D eigenvalue weighted by Crippen LogP contribution is -2.43. The van der Waals surface area contributed by atoms with Crippen molar-refractivity contribution in [3.8, 4) is 6.07 Å². The zero-order chi connectivity index (χ0) is 18.6. The van der Waals surface area contributed by atoms with Crippen molar-refractivity contribution in [2.75, 3.05) is 0 Å². The Morgan fingerprint density at radius 2 is 1.85 bits per heavy atom. The Morgan fingerprint density at radius 3 is 2.56 bits per heavy atom. The number of hydrogen-bond donors (Lipinski definition) is 0. The number of nitriles is 1. The second-order valence-corrected chi connectivity index (χ2v) is 7.26. The zero-order valence-electron chi connectivity index (χ0n) is 15.2. The summed E-state index contributed by atoms with van der Waals surface area (Å²) >= 11 is 0. The van der Waals surface area contributed by atoms with E-state index in [4.69, 9.17) is 10.00 Å². The SMILES string of the molecule is N#Cc1ccc(CC2=CC3CCC(C2)N3C(=O)OCc2ccccc2)cc1. The van der Waals surface area contributed by atoms with Gasteiger partial charge in [-0.3, -0.25) is 4.90 Å². The molecule has 0 radical (unpaired) electrons. The van der Waals surface area contributed by atoms with Crippen LogP contribution in [0.3, 0.4) is 0 Å². The molecule has 1 amide bonds. The molecule has 0 spiro atoms. The minimum absolute atomic E-state index is 0.139. The molecule has 2 heterocycles. The molecule has 1 saturated heterocycles. The standard InChI is InChI=1S/C23H22N2O2/c24-15-18-8-6-17(7-9-18)12-20-13-21-10-11-22(14-20)25(21)23(26)27-16-19-4-2-1-3-5-19/h1-9,13,21-22H,10-12,14,16H2. The molecule has 0 saturated carbocycles. The first-order valence-electron chi connectivity index (χ1n) is 9.40. The summed E-state index contributed by atoms with van der Waals surface area (Å²) < 4.78 is 5.55. The lowest BCUT2D eigenvalue weighted by Gasteiger charge is -2.33. The fraction of sp³-hybridized carbons (Fsp3) is 0.304. The Kier molecular flexibility index (Phi) is 4.93. The van der Waals surface area contributed by atoms with Gasteiger partial charge in [-0.15, -0.1) is 0 Å². The van der Waals surface area contributed by atoms with Crippen molar-refractivity contribution in [1.82, 2.24) is 4.90 Å². The van der Waals surface area contributed by atoms with Gasteiger partial charge in [-0.2, -0.15) is 5.26 Å². The first kappa shape index (κ1) is 17.4. The number of amides is 1. The summed E-state index contributed by atoms with van der Waals surface area (Å²) in [6, 6.07) is 20.1. The Morgan fingerprint density at radius 1 is 1.07 bits per heavy atom. The van der Waals surface area contributed by atoms with E-state index in [2.05, 4.69) is 12.1 Å². The Labute approximate surface area is 159 Å². The maximum absolute atomic E-state index is 12.6. The highest BCUT2D eigenvalue weighted by Gasteiger charge is 2.40. The lowest BCUT2D eigenvalue weighted by molar-refractivity contribution is 0.0816. The summed E-state index contributed by atoms with van der Waals surface area (Å²) in [5, 5.41) is 8.91. The van der Waals surface area contributed by atoms with Gasteiger partial charge in [0.1, 0.15) is 6.61 Å². The fourth-order valence-electron chi connectivity index (χ4n) is 4.09. The van der Waals surface area contributed by atoms with E-state index < -0.39 is 0 Å². The number of hydrogen-bond acceptors (Lipinski definition) is 3. The molecular weight excluding hydrogens is 336 g/mol. The lowest BCUT2D eigenvalue weighted by atomic mass is 9.95. The first-order valence-corrected chi connectivity index (χ1v) is 9.40. The van der Waals surface area contributed by atoms with Gasteiger partial charge in [0.15, 0.2) is 0 Å². The molecule has 0 aromatic heterocycles. The molecule has 4 rings (SSSR count). The smallest absolute Gasteiger partial charge is 0.410 e. The molecule has 27 heavy (non-hydrogen) atoms. The van der Waals surface area contributed by atoms with E-state index in [9.17, 15) is 4.79 Å². The third-order valence-corrected chi connectivity index (χ3v) is 5.40. The van der Waals surface area contributed by atoms with E-state index >= 15 is 0 Å². The highest BCUT2D eigenvalue weighted by molar-refractivity contribution is 5.70. The van der Waals surface area contributed by atoms with Crippen LogP contribution in [0.25, 0.3) is 0 Å². The summed E-state index contributed by atoms with van der Waals surface area (Å²) in [6.45, 7) is 0.317. The number of fused-ring (bicyclic) bond motifs is 2. The van der Waals surface area contributed by atoms with Crippen LogP contribution in [0.1, 0.15) is 36.0 Å². The molecule has 4 heteroatoms. The third kappa shape index (κ3) is 3.88. The van der Waals surface area contributed by atoms with Crippen molar-refractivity contribution in [3.05, 3.63) is 82.9 Å². The van der Waals surface area contributed by atoms with Crippen LogP contribution >= 0.6 is 0 Å². The minimum Gasteiger partial charge on any atom is -0.445 e. The predicted octanol–water partition coefficient (Wildman–Crippen LogP) is 4.60. The highest BCUT2D eigenvalue weighted by Crippen LogP contribution is 2.36. The summed E-state index contributed by atoms with van der Waals surface area (Å²) in [6.07, 6.45) is 5.84. The van der Waals surface area contributed by atoms with E-state index in [0.717, 1.165) is 31.2 Å². The molecule has 2 aromatic carbocycles. The summed E-state index contributed by atoms with van der Waals surface area (Å²) in [5.41, 5.74) is 4.27. The largest absolute Gasteiger partial charge is 0.445 e. The third-order valence-electron chi connectivity index (χ3n) is 5.40. The van der Waals surface area contributed by atoms with E-state index in [0.29, 0.717) is 12.2 Å². The van der Waals surface area contributed by atoms with Crippen molar-refractivity contribution < 1.29 is 9.53 Å².